The first-order valence-electron chi connectivity index (χ1n) is 7.62. The highest BCUT2D eigenvalue weighted by Gasteiger charge is 2.52. The molecular formula is C16H24BNO2. The van der Waals surface area contributed by atoms with Crippen LogP contribution >= 0.6 is 0 Å². The fraction of sp³-hybridized carbons (Fsp3) is 0.625. The van der Waals surface area contributed by atoms with E-state index in [0.717, 1.165) is 18.4 Å². The standard InChI is InChI=1S/C16H24BNO2/c1-15(2)16(3,4)20-17(19-15)13-10-7-9-12-8-5-6-11-18-14(12)13/h7,9-10,18H,5-6,8,11H2,1-4H3. The molecule has 1 saturated heterocycles. The minimum Gasteiger partial charge on any atom is -0.399 e. The van der Waals surface area contributed by atoms with Crippen molar-refractivity contribution in [3.63, 3.8) is 0 Å². The van der Waals surface area contributed by atoms with E-state index >= 15 is 0 Å². The quantitative estimate of drug-likeness (QED) is 0.798. The Morgan fingerprint density at radius 1 is 1.05 bits per heavy atom. The van der Waals surface area contributed by atoms with E-state index in [9.17, 15) is 0 Å². The van der Waals surface area contributed by atoms with Crippen LogP contribution in [0.5, 0.6) is 0 Å². The van der Waals surface area contributed by atoms with Gasteiger partial charge in [-0.3, -0.25) is 0 Å². The molecule has 0 atom stereocenters. The predicted molar refractivity (Wildman–Crippen MR) is 83.6 cm³/mol. The Morgan fingerprint density at radius 3 is 2.45 bits per heavy atom. The highest BCUT2D eigenvalue weighted by Crippen LogP contribution is 2.37. The largest absolute Gasteiger partial charge is 0.496 e. The topological polar surface area (TPSA) is 30.5 Å². The van der Waals surface area contributed by atoms with Gasteiger partial charge in [-0.05, 0) is 52.5 Å². The van der Waals surface area contributed by atoms with Gasteiger partial charge in [0.2, 0.25) is 0 Å². The lowest BCUT2D eigenvalue weighted by molar-refractivity contribution is 0.00578. The zero-order chi connectivity index (χ0) is 14.4. The smallest absolute Gasteiger partial charge is 0.399 e. The van der Waals surface area contributed by atoms with E-state index in [1.54, 1.807) is 0 Å². The molecule has 0 saturated carbocycles. The number of rotatable bonds is 1. The van der Waals surface area contributed by atoms with Crippen molar-refractivity contribution in [1.29, 1.82) is 0 Å². The van der Waals surface area contributed by atoms with Gasteiger partial charge in [0.25, 0.3) is 0 Å². The van der Waals surface area contributed by atoms with Crippen LogP contribution in [-0.2, 0) is 15.7 Å². The normalized spacial score (nSPS) is 23.9. The molecule has 20 heavy (non-hydrogen) atoms. The van der Waals surface area contributed by atoms with Crippen LogP contribution < -0.4 is 10.8 Å². The number of nitrogens with one attached hydrogen (secondary N) is 1. The van der Waals surface area contributed by atoms with Gasteiger partial charge in [0, 0.05) is 17.7 Å². The summed E-state index contributed by atoms with van der Waals surface area (Å²) in [7, 11) is -0.277. The maximum Gasteiger partial charge on any atom is 0.496 e. The molecule has 0 unspecified atom stereocenters. The van der Waals surface area contributed by atoms with E-state index in [0.29, 0.717) is 0 Å². The zero-order valence-corrected chi connectivity index (χ0v) is 13.0. The average molecular weight is 273 g/mol. The van der Waals surface area contributed by atoms with E-state index in [4.69, 9.17) is 9.31 Å². The van der Waals surface area contributed by atoms with Gasteiger partial charge in [0.1, 0.15) is 0 Å². The average Bonchev–Trinajstić information content (AvgIpc) is 2.57. The maximum absolute atomic E-state index is 6.19. The SMILES string of the molecule is CC1(C)OB(c2cccc3c2NCCCC3)OC1(C)C. The summed E-state index contributed by atoms with van der Waals surface area (Å²) in [5.41, 5.74) is 3.18. The maximum atomic E-state index is 6.19. The predicted octanol–water partition coefficient (Wildman–Crippen LogP) is 2.73. The molecule has 2 aliphatic rings. The lowest BCUT2D eigenvalue weighted by Crippen LogP contribution is -2.41. The van der Waals surface area contributed by atoms with Crippen molar-refractivity contribution < 1.29 is 9.31 Å². The van der Waals surface area contributed by atoms with E-state index in [1.165, 1.54) is 24.1 Å². The van der Waals surface area contributed by atoms with Gasteiger partial charge >= 0.3 is 7.12 Å². The van der Waals surface area contributed by atoms with E-state index < -0.39 is 0 Å². The Kier molecular flexibility index (Phi) is 3.34. The van der Waals surface area contributed by atoms with Crippen LogP contribution in [0.1, 0.15) is 46.1 Å². The molecule has 1 aromatic carbocycles. The van der Waals surface area contributed by atoms with Gasteiger partial charge in [0.05, 0.1) is 11.2 Å². The summed E-state index contributed by atoms with van der Waals surface area (Å²) in [5, 5.41) is 3.57. The van der Waals surface area contributed by atoms with Crippen LogP contribution in [-0.4, -0.2) is 24.9 Å². The fourth-order valence-electron chi connectivity index (χ4n) is 2.86. The molecule has 3 nitrogen and oxygen atoms in total. The zero-order valence-electron chi connectivity index (χ0n) is 13.0. The highest BCUT2D eigenvalue weighted by atomic mass is 16.7. The number of para-hydroxylation sites is 1. The van der Waals surface area contributed by atoms with Crippen molar-refractivity contribution in [2.24, 2.45) is 0 Å². The molecule has 1 fully saturated rings. The molecule has 0 aliphatic carbocycles. The third kappa shape index (κ3) is 2.25. The second-order valence-electron chi connectivity index (χ2n) is 6.85. The summed E-state index contributed by atoms with van der Waals surface area (Å²) in [5.74, 6) is 0. The summed E-state index contributed by atoms with van der Waals surface area (Å²) in [6, 6.07) is 6.45. The van der Waals surface area contributed by atoms with Gasteiger partial charge in [-0.15, -0.1) is 0 Å². The van der Waals surface area contributed by atoms with Crippen molar-refractivity contribution >= 4 is 18.3 Å². The Morgan fingerprint density at radius 2 is 1.75 bits per heavy atom. The van der Waals surface area contributed by atoms with E-state index in [2.05, 4.69) is 51.2 Å². The van der Waals surface area contributed by atoms with Gasteiger partial charge in [-0.1, -0.05) is 18.2 Å². The summed E-state index contributed by atoms with van der Waals surface area (Å²) in [4.78, 5) is 0. The first-order chi connectivity index (χ1) is 9.41. The third-order valence-corrected chi connectivity index (χ3v) is 4.86. The Bertz CT molecular complexity index is 497. The van der Waals surface area contributed by atoms with Crippen molar-refractivity contribution in [2.45, 2.75) is 58.2 Å². The summed E-state index contributed by atoms with van der Waals surface area (Å²) in [6.45, 7) is 9.43. The molecule has 0 aromatic heterocycles. The van der Waals surface area contributed by atoms with E-state index in [-0.39, 0.29) is 18.3 Å². The van der Waals surface area contributed by atoms with Crippen LogP contribution in [0.3, 0.4) is 0 Å². The minimum atomic E-state index is -0.287. The van der Waals surface area contributed by atoms with E-state index in [1.807, 2.05) is 0 Å². The molecule has 4 heteroatoms. The second kappa shape index (κ2) is 4.78. The van der Waals surface area contributed by atoms with Gasteiger partial charge < -0.3 is 14.6 Å². The lowest BCUT2D eigenvalue weighted by atomic mass is 9.76. The Labute approximate surface area is 122 Å². The van der Waals surface area contributed by atoms with Crippen LogP contribution in [0.15, 0.2) is 18.2 Å². The number of fused-ring (bicyclic) bond motifs is 1. The molecule has 1 aromatic rings. The molecule has 0 bridgehead atoms. The molecule has 108 valence electrons. The summed E-state index contributed by atoms with van der Waals surface area (Å²) < 4.78 is 12.4. The monoisotopic (exact) mass is 273 g/mol. The Balaban J connectivity index is 1.96. The van der Waals surface area contributed by atoms with Gasteiger partial charge in [-0.25, -0.2) is 0 Å². The number of hydrogen-bond donors (Lipinski definition) is 1. The highest BCUT2D eigenvalue weighted by molar-refractivity contribution is 6.64. The number of hydrogen-bond acceptors (Lipinski definition) is 3. The number of aryl methyl sites for hydroxylation is 1. The summed E-state index contributed by atoms with van der Waals surface area (Å²) in [6.07, 6.45) is 3.60. The third-order valence-electron chi connectivity index (χ3n) is 4.86. The fourth-order valence-corrected chi connectivity index (χ4v) is 2.86. The van der Waals surface area contributed by atoms with Crippen molar-refractivity contribution in [3.8, 4) is 0 Å². The Hall–Kier alpha value is -0.995. The van der Waals surface area contributed by atoms with Crippen LogP contribution in [0.2, 0.25) is 0 Å². The summed E-state index contributed by atoms with van der Waals surface area (Å²) >= 11 is 0. The van der Waals surface area contributed by atoms with Crippen LogP contribution in [0.25, 0.3) is 0 Å². The van der Waals surface area contributed by atoms with Crippen molar-refractivity contribution in [2.75, 3.05) is 11.9 Å². The first-order valence-corrected chi connectivity index (χ1v) is 7.62. The van der Waals surface area contributed by atoms with Gasteiger partial charge in [0.15, 0.2) is 0 Å². The molecule has 0 amide bonds. The molecule has 0 radical (unpaired) electrons. The molecule has 1 N–H and O–H groups in total. The van der Waals surface area contributed by atoms with Crippen LogP contribution in [0.4, 0.5) is 5.69 Å². The number of anilines is 1. The molecule has 2 aliphatic heterocycles. The van der Waals surface area contributed by atoms with Crippen LogP contribution in [0, 0.1) is 0 Å². The number of benzene rings is 1. The molecule has 3 rings (SSSR count). The van der Waals surface area contributed by atoms with Crippen molar-refractivity contribution in [3.05, 3.63) is 23.8 Å². The van der Waals surface area contributed by atoms with Crippen molar-refractivity contribution in [1.82, 2.24) is 0 Å². The molecular weight excluding hydrogens is 249 g/mol. The van der Waals surface area contributed by atoms with Gasteiger partial charge in [-0.2, -0.15) is 0 Å². The first kappa shape index (κ1) is 14.0. The minimum absolute atomic E-state index is 0.277. The lowest BCUT2D eigenvalue weighted by Gasteiger charge is -2.32. The molecule has 0 spiro atoms. The second-order valence-corrected chi connectivity index (χ2v) is 6.85. The molecule has 2 heterocycles.